The average molecular weight is 340 g/mol. The van der Waals surface area contributed by atoms with Crippen molar-refractivity contribution in [3.8, 4) is 0 Å². The summed E-state index contributed by atoms with van der Waals surface area (Å²) in [7, 11) is 3.63. The van der Waals surface area contributed by atoms with Gasteiger partial charge in [-0.25, -0.2) is 0 Å². The lowest BCUT2D eigenvalue weighted by Gasteiger charge is -2.09. The van der Waals surface area contributed by atoms with Crippen molar-refractivity contribution in [2.75, 3.05) is 0 Å². The Hall–Kier alpha value is -1.47. The smallest absolute Gasteiger partial charge is 0.160 e. The Bertz CT molecular complexity index is 631. The van der Waals surface area contributed by atoms with E-state index in [0.717, 1.165) is 27.8 Å². The normalized spacial score (nSPS) is 12.7. The number of ketones is 1. The van der Waals surface area contributed by atoms with Crippen molar-refractivity contribution in [1.82, 2.24) is 19.6 Å². The fraction of sp³-hybridized carbons (Fsp3) is 0.462. The first-order valence-electron chi connectivity index (χ1n) is 6.41. The molecule has 0 aliphatic rings. The van der Waals surface area contributed by atoms with E-state index in [0.29, 0.717) is 0 Å². The van der Waals surface area contributed by atoms with Crippen LogP contribution < -0.4 is 5.73 Å². The van der Waals surface area contributed by atoms with Crippen molar-refractivity contribution in [1.29, 1.82) is 0 Å². The third-order valence-electron chi connectivity index (χ3n) is 3.28. The van der Waals surface area contributed by atoms with E-state index in [-0.39, 0.29) is 12.2 Å². The summed E-state index contributed by atoms with van der Waals surface area (Å²) in [6.45, 7) is 2.03. The lowest BCUT2D eigenvalue weighted by Crippen LogP contribution is -2.23. The zero-order valence-corrected chi connectivity index (χ0v) is 13.4. The molecule has 2 rings (SSSR count). The lowest BCUT2D eigenvalue weighted by molar-refractivity contribution is -0.119. The van der Waals surface area contributed by atoms with E-state index in [1.54, 1.807) is 28.8 Å². The van der Waals surface area contributed by atoms with Gasteiger partial charge in [-0.3, -0.25) is 14.2 Å². The zero-order chi connectivity index (χ0) is 14.9. The largest absolute Gasteiger partial charge is 0.318 e. The van der Waals surface area contributed by atoms with Gasteiger partial charge in [0.1, 0.15) is 0 Å². The Balaban J connectivity index is 2.18. The van der Waals surface area contributed by atoms with Crippen molar-refractivity contribution < 1.29 is 4.79 Å². The first-order chi connectivity index (χ1) is 9.43. The van der Waals surface area contributed by atoms with E-state index in [9.17, 15) is 4.79 Å². The molecule has 0 spiro atoms. The summed E-state index contributed by atoms with van der Waals surface area (Å²) < 4.78 is 4.27. The first kappa shape index (κ1) is 14.9. The molecule has 1 unspecified atom stereocenters. The summed E-state index contributed by atoms with van der Waals surface area (Å²) in [4.78, 5) is 12.3. The molecule has 0 fully saturated rings. The Labute approximate surface area is 126 Å². The molecule has 20 heavy (non-hydrogen) atoms. The maximum absolute atomic E-state index is 12.3. The number of nitrogens with two attached hydrogens (primary N) is 1. The number of hydrogen-bond acceptors (Lipinski definition) is 4. The molecule has 2 aromatic rings. The van der Waals surface area contributed by atoms with Crippen LogP contribution in [0.2, 0.25) is 0 Å². The number of carbonyl (C=O) groups is 1. The summed E-state index contributed by atoms with van der Waals surface area (Å²) in [5.41, 5.74) is 8.52. The predicted octanol–water partition coefficient (Wildman–Crippen LogP) is 1.29. The number of Topliss-reactive ketones (excluding diaryl/α,β-unsaturated/α-hetero) is 1. The molecule has 7 heteroatoms. The predicted molar refractivity (Wildman–Crippen MR) is 79.1 cm³/mol. The zero-order valence-electron chi connectivity index (χ0n) is 11.8. The van der Waals surface area contributed by atoms with Gasteiger partial charge >= 0.3 is 0 Å². The molecule has 0 aliphatic carbocycles. The topological polar surface area (TPSA) is 78.7 Å². The molecular weight excluding hydrogens is 322 g/mol. The molecule has 2 N–H and O–H groups in total. The molecule has 108 valence electrons. The molecule has 2 aromatic heterocycles. The maximum atomic E-state index is 12.3. The van der Waals surface area contributed by atoms with Gasteiger partial charge in [-0.1, -0.05) is 6.92 Å². The third kappa shape index (κ3) is 2.83. The van der Waals surface area contributed by atoms with Crippen LogP contribution >= 0.6 is 15.9 Å². The van der Waals surface area contributed by atoms with Crippen LogP contribution in [0.25, 0.3) is 0 Å². The minimum absolute atomic E-state index is 0.0515. The van der Waals surface area contributed by atoms with Crippen molar-refractivity contribution in [2.24, 2.45) is 19.8 Å². The van der Waals surface area contributed by atoms with Crippen LogP contribution in [0.15, 0.2) is 16.9 Å². The summed E-state index contributed by atoms with van der Waals surface area (Å²) in [6.07, 6.45) is 4.45. The van der Waals surface area contributed by atoms with E-state index in [2.05, 4.69) is 26.1 Å². The maximum Gasteiger partial charge on any atom is 0.160 e. The van der Waals surface area contributed by atoms with Crippen LogP contribution in [-0.4, -0.2) is 25.3 Å². The Kier molecular flexibility index (Phi) is 4.39. The second-order valence-electron chi connectivity index (χ2n) is 4.75. The van der Waals surface area contributed by atoms with Gasteiger partial charge in [-0.15, -0.1) is 0 Å². The second-order valence-corrected chi connectivity index (χ2v) is 5.55. The molecule has 1 atom stereocenters. The number of aromatic nitrogens is 4. The van der Waals surface area contributed by atoms with Gasteiger partial charge in [0, 0.05) is 25.9 Å². The monoisotopic (exact) mass is 339 g/mol. The highest BCUT2D eigenvalue weighted by atomic mass is 79.9. The summed E-state index contributed by atoms with van der Waals surface area (Å²) in [5, 5.41) is 8.42. The van der Waals surface area contributed by atoms with E-state index in [4.69, 9.17) is 5.73 Å². The molecule has 6 nitrogen and oxygen atoms in total. The number of aryl methyl sites for hydroxylation is 3. The Morgan fingerprint density at radius 2 is 2.20 bits per heavy atom. The average Bonchev–Trinajstić information content (AvgIpc) is 2.96. The van der Waals surface area contributed by atoms with E-state index in [1.165, 1.54) is 0 Å². The highest BCUT2D eigenvalue weighted by molar-refractivity contribution is 9.10. The summed E-state index contributed by atoms with van der Waals surface area (Å²) in [5.74, 6) is -0.0515. The van der Waals surface area contributed by atoms with Crippen molar-refractivity contribution in [3.63, 3.8) is 0 Å². The van der Waals surface area contributed by atoms with Crippen LogP contribution in [0.3, 0.4) is 0 Å². The highest BCUT2D eigenvalue weighted by Gasteiger charge is 2.21. The molecule has 0 saturated heterocycles. The Morgan fingerprint density at radius 3 is 2.70 bits per heavy atom. The minimum atomic E-state index is -0.657. The van der Waals surface area contributed by atoms with Crippen molar-refractivity contribution in [2.45, 2.75) is 25.8 Å². The molecule has 2 heterocycles. The highest BCUT2D eigenvalue weighted by Crippen LogP contribution is 2.23. The second kappa shape index (κ2) is 5.88. The number of halogens is 1. The third-order valence-corrected chi connectivity index (χ3v) is 4.19. The number of rotatable bonds is 5. The molecule has 0 radical (unpaired) electrons. The molecular formula is C13H18BrN5O. The number of carbonyl (C=O) groups excluding carboxylic acids is 1. The van der Waals surface area contributed by atoms with Crippen LogP contribution in [0.4, 0.5) is 0 Å². The SMILES string of the molecule is CCc1nn(C)c(CC(=O)C(N)c2cnn(C)c2)c1Br. The number of nitrogens with zero attached hydrogens (tertiary/aromatic N) is 4. The lowest BCUT2D eigenvalue weighted by atomic mass is 10.0. The van der Waals surface area contributed by atoms with Gasteiger partial charge in [-0.05, 0) is 22.4 Å². The van der Waals surface area contributed by atoms with E-state index < -0.39 is 6.04 Å². The van der Waals surface area contributed by atoms with Gasteiger partial charge < -0.3 is 5.73 Å². The number of hydrogen-bond donors (Lipinski definition) is 1. The molecule has 0 aromatic carbocycles. The van der Waals surface area contributed by atoms with Gasteiger partial charge in [0.2, 0.25) is 0 Å². The fourth-order valence-corrected chi connectivity index (χ4v) is 2.83. The van der Waals surface area contributed by atoms with Gasteiger partial charge in [0.15, 0.2) is 5.78 Å². The standard InChI is InChI=1S/C13H18BrN5O/c1-4-9-12(14)10(19(3)17-9)5-11(20)13(15)8-6-16-18(2)7-8/h6-7,13H,4-5,15H2,1-3H3. The van der Waals surface area contributed by atoms with Gasteiger partial charge in [-0.2, -0.15) is 10.2 Å². The van der Waals surface area contributed by atoms with Crippen LogP contribution in [0, 0.1) is 0 Å². The molecule has 0 aliphatic heterocycles. The van der Waals surface area contributed by atoms with E-state index in [1.807, 2.05) is 14.0 Å². The van der Waals surface area contributed by atoms with Gasteiger partial charge in [0.05, 0.1) is 34.5 Å². The van der Waals surface area contributed by atoms with Crippen molar-refractivity contribution in [3.05, 3.63) is 33.8 Å². The van der Waals surface area contributed by atoms with Crippen LogP contribution in [-0.2, 0) is 31.7 Å². The molecule has 0 saturated carbocycles. The molecule has 0 amide bonds. The fourth-order valence-electron chi connectivity index (χ4n) is 2.07. The van der Waals surface area contributed by atoms with E-state index >= 15 is 0 Å². The summed E-state index contributed by atoms with van der Waals surface area (Å²) in [6, 6.07) is -0.657. The Morgan fingerprint density at radius 1 is 1.50 bits per heavy atom. The molecule has 0 bridgehead atoms. The van der Waals surface area contributed by atoms with Crippen molar-refractivity contribution >= 4 is 21.7 Å². The minimum Gasteiger partial charge on any atom is -0.318 e. The summed E-state index contributed by atoms with van der Waals surface area (Å²) >= 11 is 3.51. The van der Waals surface area contributed by atoms with Crippen LogP contribution in [0.5, 0.6) is 0 Å². The van der Waals surface area contributed by atoms with Crippen LogP contribution in [0.1, 0.15) is 29.9 Å². The van der Waals surface area contributed by atoms with Gasteiger partial charge in [0.25, 0.3) is 0 Å². The first-order valence-corrected chi connectivity index (χ1v) is 7.20. The quantitative estimate of drug-likeness (QED) is 0.890.